The molecule has 10 bridgehead atoms. The zero-order valence-corrected chi connectivity index (χ0v) is 13.2. The van der Waals surface area contributed by atoms with Crippen LogP contribution in [0.4, 0.5) is 0 Å². The molecule has 8 aliphatic carbocycles. The first kappa shape index (κ1) is 10.7. The van der Waals surface area contributed by atoms with Crippen molar-refractivity contribution in [3.05, 3.63) is 0 Å². The van der Waals surface area contributed by atoms with Gasteiger partial charge in [-0.2, -0.15) is 0 Å². The first-order valence-electron chi connectivity index (χ1n) is 9.54. The molecule has 0 saturated heterocycles. The second-order valence-electron chi connectivity index (χ2n) is 11.0. The van der Waals surface area contributed by atoms with Crippen molar-refractivity contribution in [2.75, 3.05) is 0 Å². The van der Waals surface area contributed by atoms with Gasteiger partial charge in [0.15, 0.2) is 0 Å². The van der Waals surface area contributed by atoms with Crippen molar-refractivity contribution in [3.63, 3.8) is 0 Å². The summed E-state index contributed by atoms with van der Waals surface area (Å²) in [5.74, 6) is 13.3. The standard InChI is InChI=1S/C20H28/c1-19(2)6-8-12-13-9(7-19)18(8)20(3)10-4-5-11(20)15-14(10)16(12)17(13)15/h8-18H,4-7H2,1-3H3. The van der Waals surface area contributed by atoms with Gasteiger partial charge in [-0.3, -0.25) is 0 Å². The van der Waals surface area contributed by atoms with Crippen molar-refractivity contribution >= 4 is 0 Å². The summed E-state index contributed by atoms with van der Waals surface area (Å²) < 4.78 is 0. The van der Waals surface area contributed by atoms with Gasteiger partial charge >= 0.3 is 0 Å². The van der Waals surface area contributed by atoms with Crippen molar-refractivity contribution in [1.29, 1.82) is 0 Å². The fraction of sp³-hybridized carbons (Fsp3) is 1.00. The summed E-state index contributed by atoms with van der Waals surface area (Å²) in [6.45, 7) is 7.99. The first-order chi connectivity index (χ1) is 9.54. The monoisotopic (exact) mass is 268 g/mol. The highest BCUT2D eigenvalue weighted by atomic mass is 14.9. The lowest BCUT2D eigenvalue weighted by Gasteiger charge is -2.69. The molecule has 0 amide bonds. The molecule has 8 aliphatic rings. The molecular formula is C20H28. The molecule has 0 aromatic heterocycles. The molecule has 8 saturated carbocycles. The van der Waals surface area contributed by atoms with E-state index in [1.807, 2.05) is 0 Å². The van der Waals surface area contributed by atoms with Crippen LogP contribution in [0, 0.1) is 75.9 Å². The molecule has 0 heteroatoms. The van der Waals surface area contributed by atoms with E-state index in [-0.39, 0.29) is 0 Å². The first-order valence-corrected chi connectivity index (χ1v) is 9.54. The lowest BCUT2D eigenvalue weighted by molar-refractivity contribution is -0.227. The van der Waals surface area contributed by atoms with Gasteiger partial charge in [-0.15, -0.1) is 0 Å². The zero-order chi connectivity index (χ0) is 13.2. The van der Waals surface area contributed by atoms with Crippen LogP contribution in [-0.2, 0) is 0 Å². The molecule has 8 fully saturated rings. The van der Waals surface area contributed by atoms with E-state index in [0.29, 0.717) is 5.41 Å². The molecule has 0 nitrogen and oxygen atoms in total. The Morgan fingerprint density at radius 2 is 1.15 bits per heavy atom. The fourth-order valence-corrected chi connectivity index (χ4v) is 11.1. The maximum absolute atomic E-state index is 2.81. The van der Waals surface area contributed by atoms with Crippen LogP contribution in [0.25, 0.3) is 0 Å². The van der Waals surface area contributed by atoms with Gasteiger partial charge in [0.05, 0.1) is 0 Å². The van der Waals surface area contributed by atoms with Crippen LogP contribution in [0.1, 0.15) is 46.5 Å². The Balaban J connectivity index is 1.50. The molecule has 0 heterocycles. The van der Waals surface area contributed by atoms with Gasteiger partial charge in [-0.25, -0.2) is 0 Å². The van der Waals surface area contributed by atoms with E-state index >= 15 is 0 Å². The Labute approximate surface area is 123 Å². The molecule has 10 atom stereocenters. The van der Waals surface area contributed by atoms with Gasteiger partial charge < -0.3 is 0 Å². The normalized spacial score (nSPS) is 79.0. The predicted octanol–water partition coefficient (Wildman–Crippen LogP) is 4.45. The van der Waals surface area contributed by atoms with Gasteiger partial charge in [-0.1, -0.05) is 20.8 Å². The molecule has 0 spiro atoms. The van der Waals surface area contributed by atoms with Crippen LogP contribution in [-0.4, -0.2) is 0 Å². The van der Waals surface area contributed by atoms with Gasteiger partial charge in [0, 0.05) is 0 Å². The summed E-state index contributed by atoms with van der Waals surface area (Å²) in [5, 5.41) is 0. The Morgan fingerprint density at radius 3 is 1.65 bits per heavy atom. The van der Waals surface area contributed by atoms with E-state index in [1.165, 1.54) is 53.3 Å². The zero-order valence-electron chi connectivity index (χ0n) is 13.2. The fourth-order valence-electron chi connectivity index (χ4n) is 11.1. The second kappa shape index (κ2) is 2.56. The molecule has 0 aromatic carbocycles. The van der Waals surface area contributed by atoms with E-state index in [4.69, 9.17) is 0 Å². The largest absolute Gasteiger partial charge is 0.0599 e. The average molecular weight is 268 g/mol. The maximum atomic E-state index is 2.81. The van der Waals surface area contributed by atoms with Crippen LogP contribution in [0.2, 0.25) is 0 Å². The van der Waals surface area contributed by atoms with Crippen LogP contribution in [0.3, 0.4) is 0 Å². The van der Waals surface area contributed by atoms with Crippen LogP contribution >= 0.6 is 0 Å². The van der Waals surface area contributed by atoms with E-state index < -0.39 is 0 Å². The average Bonchev–Trinajstić information content (AvgIpc) is 2.75. The summed E-state index contributed by atoms with van der Waals surface area (Å²) >= 11 is 0. The van der Waals surface area contributed by atoms with E-state index in [1.54, 1.807) is 25.7 Å². The highest BCUT2D eigenvalue weighted by Crippen LogP contribution is 2.92. The highest BCUT2D eigenvalue weighted by Gasteiger charge is 2.87. The third kappa shape index (κ3) is 0.720. The summed E-state index contributed by atoms with van der Waals surface area (Å²) in [6.07, 6.45) is 6.43. The minimum Gasteiger partial charge on any atom is -0.0599 e. The van der Waals surface area contributed by atoms with Crippen molar-refractivity contribution in [2.45, 2.75) is 46.5 Å². The molecule has 8 rings (SSSR count). The van der Waals surface area contributed by atoms with Crippen LogP contribution in [0.5, 0.6) is 0 Å². The maximum Gasteiger partial charge on any atom is -0.0230 e. The molecule has 0 radical (unpaired) electrons. The van der Waals surface area contributed by atoms with E-state index in [0.717, 1.165) is 17.3 Å². The topological polar surface area (TPSA) is 0 Å². The summed E-state index contributed by atoms with van der Waals surface area (Å²) in [5.41, 5.74) is 1.48. The van der Waals surface area contributed by atoms with Crippen molar-refractivity contribution in [2.24, 2.45) is 75.9 Å². The molecule has 108 valence electrons. The van der Waals surface area contributed by atoms with Gasteiger partial charge in [0.25, 0.3) is 0 Å². The van der Waals surface area contributed by atoms with Gasteiger partial charge in [0.1, 0.15) is 0 Å². The predicted molar refractivity (Wildman–Crippen MR) is 78.7 cm³/mol. The lowest BCUT2D eigenvalue weighted by atomic mass is 9.35. The Kier molecular flexibility index (Phi) is 1.37. The molecule has 0 aliphatic heterocycles. The number of hydrogen-bond donors (Lipinski definition) is 0. The lowest BCUT2D eigenvalue weighted by Crippen LogP contribution is -2.66. The molecule has 20 heavy (non-hydrogen) atoms. The van der Waals surface area contributed by atoms with E-state index in [2.05, 4.69) is 20.8 Å². The molecule has 0 aromatic rings. The number of rotatable bonds is 0. The highest BCUT2D eigenvalue weighted by molar-refractivity contribution is 5.34. The molecule has 10 unspecified atom stereocenters. The molecule has 0 N–H and O–H groups in total. The second-order valence-corrected chi connectivity index (χ2v) is 11.0. The molecular weight excluding hydrogens is 240 g/mol. The minimum absolute atomic E-state index is 0.669. The minimum atomic E-state index is 0.669. The Bertz CT molecular complexity index is 502. The van der Waals surface area contributed by atoms with Crippen LogP contribution in [0.15, 0.2) is 0 Å². The smallest absolute Gasteiger partial charge is 0.0230 e. The number of hydrogen-bond acceptors (Lipinski definition) is 0. The van der Waals surface area contributed by atoms with Crippen molar-refractivity contribution in [1.82, 2.24) is 0 Å². The third-order valence-electron chi connectivity index (χ3n) is 10.6. The Hall–Kier alpha value is 0. The van der Waals surface area contributed by atoms with E-state index in [9.17, 15) is 0 Å². The van der Waals surface area contributed by atoms with Gasteiger partial charge in [-0.05, 0) is 102 Å². The third-order valence-corrected chi connectivity index (χ3v) is 10.6. The summed E-state index contributed by atoms with van der Waals surface area (Å²) in [4.78, 5) is 0. The summed E-state index contributed by atoms with van der Waals surface area (Å²) in [7, 11) is 0. The summed E-state index contributed by atoms with van der Waals surface area (Å²) in [6, 6.07) is 0. The van der Waals surface area contributed by atoms with Crippen molar-refractivity contribution in [3.8, 4) is 0 Å². The SMILES string of the molecule is CC1(C)CC2C3C4C(C1)C2C1(C)C2CCC1C1C4C3C12. The van der Waals surface area contributed by atoms with Crippen molar-refractivity contribution < 1.29 is 0 Å². The Morgan fingerprint density at radius 1 is 0.650 bits per heavy atom. The quantitative estimate of drug-likeness (QED) is 0.609. The van der Waals surface area contributed by atoms with Gasteiger partial charge in [0.2, 0.25) is 0 Å². The van der Waals surface area contributed by atoms with Crippen LogP contribution < -0.4 is 0 Å².